The summed E-state index contributed by atoms with van der Waals surface area (Å²) in [7, 11) is 0. The highest BCUT2D eigenvalue weighted by molar-refractivity contribution is 7.99. The summed E-state index contributed by atoms with van der Waals surface area (Å²) in [4.78, 5) is 33.6. The van der Waals surface area contributed by atoms with Gasteiger partial charge in [-0.05, 0) is 64.6 Å². The second-order valence-electron chi connectivity index (χ2n) is 12.3. The van der Waals surface area contributed by atoms with Crippen LogP contribution in [0.25, 0.3) is 11.1 Å². The molecule has 0 aliphatic carbocycles. The molecule has 11 heteroatoms. The molecule has 4 aromatic carbocycles. The van der Waals surface area contributed by atoms with Crippen LogP contribution in [0.5, 0.6) is 0 Å². The van der Waals surface area contributed by atoms with Crippen molar-refractivity contribution in [3.05, 3.63) is 138 Å². The Bertz CT molecular complexity index is 1910. The van der Waals surface area contributed by atoms with Gasteiger partial charge in [0.1, 0.15) is 0 Å². The van der Waals surface area contributed by atoms with Crippen LogP contribution in [0.3, 0.4) is 0 Å². The number of hydrogen-bond acceptors (Lipinski definition) is 9. The van der Waals surface area contributed by atoms with Gasteiger partial charge in [-0.1, -0.05) is 84.6 Å². The molecule has 6 rings (SSSR count). The molecule has 5 N–H and O–H groups in total. The van der Waals surface area contributed by atoms with Crippen molar-refractivity contribution in [2.24, 2.45) is 0 Å². The predicted molar refractivity (Wildman–Crippen MR) is 198 cm³/mol. The van der Waals surface area contributed by atoms with Gasteiger partial charge in [0.15, 0.2) is 11.4 Å². The maximum atomic E-state index is 12.6. The summed E-state index contributed by atoms with van der Waals surface area (Å²) in [6.45, 7) is 0.357. The van der Waals surface area contributed by atoms with Crippen molar-refractivity contribution in [2.75, 3.05) is 16.8 Å². The number of anilines is 2. The summed E-state index contributed by atoms with van der Waals surface area (Å²) in [6, 6.07) is 32.9. The molecule has 262 valence electrons. The third-order valence-corrected chi connectivity index (χ3v) is 9.51. The number of carbonyl (C=O) groups excluding carboxylic acids is 2. The molecule has 3 unspecified atom stereocenters. The number of benzene rings is 4. The summed E-state index contributed by atoms with van der Waals surface area (Å²) in [5.41, 5.74) is 12.7. The maximum Gasteiger partial charge on any atom is 0.224 e. The zero-order valence-electron chi connectivity index (χ0n) is 28.1. The van der Waals surface area contributed by atoms with E-state index in [2.05, 4.69) is 32.7 Å². The molecule has 2 heterocycles. The van der Waals surface area contributed by atoms with E-state index in [-0.39, 0.29) is 43.5 Å². The first-order chi connectivity index (χ1) is 24.9. The van der Waals surface area contributed by atoms with Gasteiger partial charge in [0, 0.05) is 49.5 Å². The molecule has 1 fully saturated rings. The monoisotopic (exact) mass is 703 g/mol. The van der Waals surface area contributed by atoms with Gasteiger partial charge < -0.3 is 30.9 Å². The maximum absolute atomic E-state index is 12.6. The van der Waals surface area contributed by atoms with Crippen molar-refractivity contribution >= 4 is 35.0 Å². The van der Waals surface area contributed by atoms with E-state index in [0.29, 0.717) is 41.7 Å². The third-order valence-electron chi connectivity index (χ3n) is 8.51. The van der Waals surface area contributed by atoms with E-state index in [4.69, 9.17) is 15.2 Å². The molecule has 10 nitrogen and oxygen atoms in total. The van der Waals surface area contributed by atoms with Gasteiger partial charge >= 0.3 is 0 Å². The van der Waals surface area contributed by atoms with Crippen LogP contribution < -0.4 is 16.4 Å². The van der Waals surface area contributed by atoms with Crippen LogP contribution in [0.1, 0.15) is 60.3 Å². The fourth-order valence-electron chi connectivity index (χ4n) is 5.80. The van der Waals surface area contributed by atoms with E-state index >= 15 is 0 Å². The number of aliphatic hydroxyl groups excluding tert-OH is 1. The summed E-state index contributed by atoms with van der Waals surface area (Å²) in [5.74, 6) is 0.370. The summed E-state index contributed by atoms with van der Waals surface area (Å²) < 4.78 is 13.1. The number of nitrogens with one attached hydrogen (secondary N) is 2. The van der Waals surface area contributed by atoms with Crippen LogP contribution in [0.2, 0.25) is 0 Å². The number of nitrogens with zero attached hydrogens (tertiary/aromatic N) is 2. The van der Waals surface area contributed by atoms with Crippen LogP contribution in [0, 0.1) is 0 Å². The predicted octanol–water partition coefficient (Wildman–Crippen LogP) is 6.98. The Balaban J connectivity index is 1.07. The number of hydrogen-bond donors (Lipinski definition) is 4. The van der Waals surface area contributed by atoms with E-state index in [1.165, 1.54) is 0 Å². The molecule has 1 saturated heterocycles. The fraction of sp³-hybridized carbons (Fsp3) is 0.250. The minimum atomic E-state index is -0.599. The highest BCUT2D eigenvalue weighted by atomic mass is 32.2. The zero-order valence-corrected chi connectivity index (χ0v) is 28.9. The molecule has 1 aromatic heterocycles. The lowest BCUT2D eigenvalue weighted by atomic mass is 9.99. The first-order valence-electron chi connectivity index (χ1n) is 16.9. The van der Waals surface area contributed by atoms with E-state index in [1.54, 1.807) is 54.5 Å². The van der Waals surface area contributed by atoms with E-state index in [1.807, 2.05) is 60.7 Å². The van der Waals surface area contributed by atoms with Gasteiger partial charge in [0.25, 0.3) is 0 Å². The van der Waals surface area contributed by atoms with Crippen LogP contribution in [-0.2, 0) is 32.2 Å². The normalized spacial score (nSPS) is 17.1. The molecule has 3 atom stereocenters. The first kappa shape index (κ1) is 35.7. The number of amides is 2. The Morgan fingerprint density at radius 2 is 1.55 bits per heavy atom. The first-order valence-corrected chi connectivity index (χ1v) is 17.9. The number of ether oxygens (including phenoxy) is 2. The standard InChI is InChI=1S/C40H41N5O5S/c41-34-11-1-2-12-35(34)45-38(48)14-5-13-37(47)44-24-28-7-3-8-30(21-28)31-9-4-10-32(22-31)39-49-33(26-51-40-42-19-6-20-43-40)23-36(50-39)29-17-15-27(25-46)16-18-29/h1-4,6-12,15-22,33,36,39,46H,5,13-14,23-26,41H2,(H,44,47)(H,45,48). The van der Waals surface area contributed by atoms with Crippen molar-refractivity contribution in [3.63, 3.8) is 0 Å². The van der Waals surface area contributed by atoms with Crippen molar-refractivity contribution in [2.45, 2.75) is 62.5 Å². The van der Waals surface area contributed by atoms with Crippen molar-refractivity contribution in [3.8, 4) is 11.1 Å². The average Bonchev–Trinajstić information content (AvgIpc) is 3.17. The molecule has 0 bridgehead atoms. The smallest absolute Gasteiger partial charge is 0.224 e. The van der Waals surface area contributed by atoms with E-state index in [9.17, 15) is 14.7 Å². The molecule has 2 amide bonds. The van der Waals surface area contributed by atoms with E-state index < -0.39 is 6.29 Å². The minimum Gasteiger partial charge on any atom is -0.397 e. The number of rotatable bonds is 14. The molecule has 0 saturated carbocycles. The molecular formula is C40H41N5O5S. The zero-order chi connectivity index (χ0) is 35.4. The lowest BCUT2D eigenvalue weighted by Crippen LogP contribution is -2.31. The lowest BCUT2D eigenvalue weighted by Gasteiger charge is -2.36. The lowest BCUT2D eigenvalue weighted by molar-refractivity contribution is -0.245. The van der Waals surface area contributed by atoms with Crippen LogP contribution in [0.4, 0.5) is 11.4 Å². The van der Waals surface area contributed by atoms with Crippen LogP contribution >= 0.6 is 11.8 Å². The molecule has 5 aromatic rings. The number of carbonyl (C=O) groups is 2. The molecule has 1 aliphatic rings. The number of nitrogens with two attached hydrogens (primary N) is 1. The molecule has 51 heavy (non-hydrogen) atoms. The largest absolute Gasteiger partial charge is 0.397 e. The third kappa shape index (κ3) is 10.2. The van der Waals surface area contributed by atoms with Gasteiger partial charge in [0.2, 0.25) is 11.8 Å². The number of aliphatic hydroxyl groups is 1. The topological polar surface area (TPSA) is 149 Å². The van der Waals surface area contributed by atoms with Crippen LogP contribution in [0.15, 0.2) is 121 Å². The van der Waals surface area contributed by atoms with Gasteiger partial charge in [-0.25, -0.2) is 9.97 Å². The number of aromatic nitrogens is 2. The number of nitrogen functional groups attached to an aromatic ring is 1. The van der Waals surface area contributed by atoms with Crippen molar-refractivity contribution in [1.29, 1.82) is 0 Å². The van der Waals surface area contributed by atoms with Crippen LogP contribution in [-0.4, -0.2) is 38.7 Å². The highest BCUT2D eigenvalue weighted by Gasteiger charge is 2.32. The molecule has 0 radical (unpaired) electrons. The summed E-state index contributed by atoms with van der Waals surface area (Å²) >= 11 is 1.55. The fourth-order valence-corrected chi connectivity index (χ4v) is 6.62. The Kier molecular flexibility index (Phi) is 12.4. The van der Waals surface area contributed by atoms with Gasteiger partial charge in [-0.3, -0.25) is 9.59 Å². The van der Waals surface area contributed by atoms with Gasteiger partial charge in [-0.2, -0.15) is 0 Å². The SMILES string of the molecule is Nc1ccccc1NC(=O)CCCC(=O)NCc1cccc(-c2cccc(C3OC(CSc4ncccn4)CC(c4ccc(CO)cc4)O3)c2)c1. The van der Waals surface area contributed by atoms with Crippen molar-refractivity contribution < 1.29 is 24.2 Å². The highest BCUT2D eigenvalue weighted by Crippen LogP contribution is 2.40. The van der Waals surface area contributed by atoms with Gasteiger partial charge in [0.05, 0.1) is 30.2 Å². The van der Waals surface area contributed by atoms with Gasteiger partial charge in [-0.15, -0.1) is 0 Å². The Labute approximate surface area is 301 Å². The average molecular weight is 704 g/mol. The Morgan fingerprint density at radius 3 is 2.33 bits per heavy atom. The minimum absolute atomic E-state index is 0.0134. The molecule has 0 spiro atoms. The molecule has 1 aliphatic heterocycles. The Hall–Kier alpha value is -5.07. The summed E-state index contributed by atoms with van der Waals surface area (Å²) in [5, 5.41) is 16.0. The Morgan fingerprint density at radius 1 is 0.804 bits per heavy atom. The second kappa shape index (κ2) is 17.7. The van der Waals surface area contributed by atoms with Crippen molar-refractivity contribution in [1.82, 2.24) is 15.3 Å². The second-order valence-corrected chi connectivity index (χ2v) is 13.3. The number of thioether (sulfide) groups is 1. The summed E-state index contributed by atoms with van der Waals surface area (Å²) in [6.07, 6.45) is 4.10. The quantitative estimate of drug-likeness (QED) is 0.0546. The molecular weight excluding hydrogens is 663 g/mol. The van der Waals surface area contributed by atoms with E-state index in [0.717, 1.165) is 33.4 Å². The number of para-hydroxylation sites is 2.